The monoisotopic (exact) mass is 118 g/mol. The second-order valence-corrected chi connectivity index (χ2v) is 3.03. The van der Waals surface area contributed by atoms with Gasteiger partial charge in [-0.1, -0.05) is 0 Å². The number of ether oxygens (including phenoxy) is 1. The first kappa shape index (κ1) is 6.69. The highest BCUT2D eigenvalue weighted by molar-refractivity contribution is 6.57. The lowest BCUT2D eigenvalue weighted by atomic mass is 11.5. The molecular formula is C4H10O2Si. The van der Waals surface area contributed by atoms with Gasteiger partial charge in [0.2, 0.25) is 0 Å². The summed E-state index contributed by atoms with van der Waals surface area (Å²) >= 11 is 0. The highest BCUT2D eigenvalue weighted by Gasteiger charge is 1.81. The molecule has 0 saturated heterocycles. The van der Waals surface area contributed by atoms with Crippen molar-refractivity contribution in [2.24, 2.45) is 0 Å². The largest absolute Gasteiger partial charge is 0.551 e. The van der Waals surface area contributed by atoms with Crippen LogP contribution in [0, 0.1) is 0 Å². The Labute approximate surface area is 45.4 Å². The Morgan fingerprint density at radius 2 is 2.00 bits per heavy atom. The number of rotatable bonds is 2. The van der Waals surface area contributed by atoms with Gasteiger partial charge in [-0.25, -0.2) is 0 Å². The molecule has 0 amide bonds. The average molecular weight is 118 g/mol. The quantitative estimate of drug-likeness (QED) is 0.484. The smallest absolute Gasteiger partial charge is 0.265 e. The predicted octanol–water partition coefficient (Wildman–Crippen LogP) is 0.242. The first-order chi connectivity index (χ1) is 3.31. The first-order valence-electron chi connectivity index (χ1n) is 2.04. The lowest BCUT2D eigenvalue weighted by Crippen LogP contribution is -2.02. The van der Waals surface area contributed by atoms with Crippen LogP contribution in [0.3, 0.4) is 0 Å². The van der Waals surface area contributed by atoms with Crippen LogP contribution >= 0.6 is 0 Å². The molecule has 0 aromatic heterocycles. The minimum atomic E-state index is -0.727. The first-order valence-corrected chi connectivity index (χ1v) is 4.03. The topological polar surface area (TPSA) is 18.5 Å². The lowest BCUT2D eigenvalue weighted by molar-refractivity contribution is 0.410. The molecule has 0 aromatic carbocycles. The molecule has 0 aliphatic heterocycles. The fourth-order valence-corrected chi connectivity index (χ4v) is 0.642. The van der Waals surface area contributed by atoms with E-state index in [1.54, 1.807) is 20.1 Å². The lowest BCUT2D eigenvalue weighted by Gasteiger charge is -1.93. The average Bonchev–Trinajstić information content (AvgIpc) is 1.68. The van der Waals surface area contributed by atoms with Crippen molar-refractivity contribution in [3.05, 3.63) is 0 Å². The van der Waals surface area contributed by atoms with Gasteiger partial charge >= 0.3 is 0 Å². The van der Waals surface area contributed by atoms with Gasteiger partial charge in [0.15, 0.2) is 0 Å². The number of hydrogen-bond donors (Lipinski definition) is 0. The Hall–Kier alpha value is -0.313. The van der Waals surface area contributed by atoms with E-state index in [-0.39, 0.29) is 0 Å². The van der Waals surface area contributed by atoms with Crippen LogP contribution in [0.25, 0.3) is 0 Å². The van der Waals surface area contributed by atoms with E-state index >= 15 is 0 Å². The van der Waals surface area contributed by atoms with Gasteiger partial charge in [-0.2, -0.15) is 0 Å². The van der Waals surface area contributed by atoms with Gasteiger partial charge in [0.1, 0.15) is 0 Å². The van der Waals surface area contributed by atoms with Gasteiger partial charge in [0.05, 0.1) is 20.1 Å². The predicted molar refractivity (Wildman–Crippen MR) is 31.7 cm³/mol. The second kappa shape index (κ2) is 3.86. The molecule has 0 spiro atoms. The zero-order valence-corrected chi connectivity index (χ0v) is 5.89. The minimum absolute atomic E-state index is 0.727. The second-order valence-electron chi connectivity index (χ2n) is 1.17. The summed E-state index contributed by atoms with van der Waals surface area (Å²) in [4.78, 5) is 0. The third-order valence-electron chi connectivity index (χ3n) is 0.606. The number of hydrogen-bond acceptors (Lipinski definition) is 2. The summed E-state index contributed by atoms with van der Waals surface area (Å²) < 4.78 is 9.60. The Morgan fingerprint density at radius 1 is 1.43 bits per heavy atom. The molecule has 3 heteroatoms. The van der Waals surface area contributed by atoms with E-state index in [1.807, 2.05) is 6.55 Å². The standard InChI is InChI=1S/C4H10O2Si/c1-5-4-7(3)6-2/h4H,1-3H3/b7-4-. The Morgan fingerprint density at radius 3 is 2.14 bits per heavy atom. The third kappa shape index (κ3) is 3.52. The maximum Gasteiger partial charge on any atom is 0.265 e. The molecule has 0 aliphatic carbocycles. The zero-order chi connectivity index (χ0) is 5.70. The Bertz CT molecular complexity index is 70.1. The van der Waals surface area contributed by atoms with E-state index < -0.39 is 8.65 Å². The van der Waals surface area contributed by atoms with Crippen LogP contribution < -0.4 is 0 Å². The summed E-state index contributed by atoms with van der Waals surface area (Å²) in [6, 6.07) is 0. The molecule has 0 heterocycles. The van der Waals surface area contributed by atoms with Gasteiger partial charge in [-0.15, -0.1) is 0 Å². The molecule has 0 unspecified atom stereocenters. The van der Waals surface area contributed by atoms with Crippen LogP contribution in [0.4, 0.5) is 0 Å². The summed E-state index contributed by atoms with van der Waals surface area (Å²) in [5.74, 6) is 1.73. The van der Waals surface area contributed by atoms with E-state index in [0.29, 0.717) is 0 Å². The molecule has 2 nitrogen and oxygen atoms in total. The van der Waals surface area contributed by atoms with Crippen molar-refractivity contribution in [3.63, 3.8) is 0 Å². The molecule has 0 aliphatic rings. The summed E-state index contributed by atoms with van der Waals surface area (Å²) in [6.07, 6.45) is 0. The zero-order valence-electron chi connectivity index (χ0n) is 4.89. The van der Waals surface area contributed by atoms with Gasteiger partial charge < -0.3 is 9.16 Å². The molecule has 0 N–H and O–H groups in total. The summed E-state index contributed by atoms with van der Waals surface area (Å²) in [6.45, 7) is 2.01. The minimum Gasteiger partial charge on any atom is -0.551 e. The van der Waals surface area contributed by atoms with Crippen molar-refractivity contribution >= 4 is 14.5 Å². The molecule has 0 radical (unpaired) electrons. The van der Waals surface area contributed by atoms with Crippen molar-refractivity contribution in [1.29, 1.82) is 0 Å². The van der Waals surface area contributed by atoms with Crippen LogP contribution in [0.1, 0.15) is 0 Å². The van der Waals surface area contributed by atoms with Crippen molar-refractivity contribution in [3.8, 4) is 0 Å². The Balaban J connectivity index is 3.29. The van der Waals surface area contributed by atoms with Crippen LogP contribution in [-0.4, -0.2) is 28.7 Å². The van der Waals surface area contributed by atoms with E-state index in [1.165, 1.54) is 0 Å². The van der Waals surface area contributed by atoms with Crippen molar-refractivity contribution in [1.82, 2.24) is 0 Å². The fourth-order valence-electron chi connectivity index (χ4n) is 0.214. The van der Waals surface area contributed by atoms with Crippen LogP contribution in [0.2, 0.25) is 6.55 Å². The van der Waals surface area contributed by atoms with Crippen LogP contribution in [0.15, 0.2) is 0 Å². The highest BCUT2D eigenvalue weighted by atomic mass is 28.3. The van der Waals surface area contributed by atoms with E-state index in [9.17, 15) is 0 Å². The molecule has 0 rings (SSSR count). The van der Waals surface area contributed by atoms with Gasteiger partial charge in [-0.05, 0) is 6.55 Å². The normalized spacial score (nSPS) is 11.0. The molecule has 0 atom stereocenters. The molecule has 42 valence electrons. The van der Waals surface area contributed by atoms with Crippen LogP contribution in [0.5, 0.6) is 0 Å². The summed E-state index contributed by atoms with van der Waals surface area (Å²) in [7, 11) is 2.59. The van der Waals surface area contributed by atoms with Gasteiger partial charge in [-0.3, -0.25) is 0 Å². The molecule has 7 heavy (non-hydrogen) atoms. The van der Waals surface area contributed by atoms with E-state index in [2.05, 4.69) is 4.74 Å². The summed E-state index contributed by atoms with van der Waals surface area (Å²) in [5, 5.41) is 0. The molecule has 0 aromatic rings. The van der Waals surface area contributed by atoms with Gasteiger partial charge in [0.25, 0.3) is 8.65 Å². The van der Waals surface area contributed by atoms with E-state index in [0.717, 1.165) is 0 Å². The summed E-state index contributed by atoms with van der Waals surface area (Å²) in [5.41, 5.74) is 0. The maximum atomic E-state index is 4.91. The SMILES string of the molecule is CO/C=[Si](/C)OC. The third-order valence-corrected chi connectivity index (χ3v) is 1.82. The highest BCUT2D eigenvalue weighted by Crippen LogP contribution is 1.65. The van der Waals surface area contributed by atoms with Crippen molar-refractivity contribution < 1.29 is 9.16 Å². The fraction of sp³-hybridized carbons (Fsp3) is 0.750. The Kier molecular flexibility index (Phi) is 3.69. The molecular weight excluding hydrogens is 108 g/mol. The van der Waals surface area contributed by atoms with Crippen molar-refractivity contribution in [2.45, 2.75) is 6.55 Å². The van der Waals surface area contributed by atoms with Gasteiger partial charge in [0, 0.05) is 0 Å². The number of methoxy groups -OCH3 is 1. The maximum absolute atomic E-state index is 4.91. The molecule has 0 fully saturated rings. The molecule has 0 saturated carbocycles. The van der Waals surface area contributed by atoms with Crippen molar-refractivity contribution in [2.75, 3.05) is 14.2 Å². The van der Waals surface area contributed by atoms with Crippen LogP contribution in [-0.2, 0) is 9.16 Å². The van der Waals surface area contributed by atoms with E-state index in [4.69, 9.17) is 4.43 Å². The molecule has 0 bridgehead atoms.